The topological polar surface area (TPSA) is 75.2 Å². The number of anilines is 1. The van der Waals surface area contributed by atoms with Gasteiger partial charge in [0, 0.05) is 25.4 Å². The van der Waals surface area contributed by atoms with Gasteiger partial charge in [-0.3, -0.25) is 9.59 Å². The highest BCUT2D eigenvalue weighted by Gasteiger charge is 2.28. The minimum atomic E-state index is -0.103. The SMILES string of the molecule is O=C(Nc1nnc(Cc2ccccc2)s1)C1CCN(C(=O)c2cccs2)CC1. The third kappa shape index (κ3) is 4.45. The maximum atomic E-state index is 12.6. The fourth-order valence-electron chi connectivity index (χ4n) is 3.25. The van der Waals surface area contributed by atoms with Gasteiger partial charge >= 0.3 is 0 Å². The van der Waals surface area contributed by atoms with E-state index in [2.05, 4.69) is 15.5 Å². The Morgan fingerprint density at radius 3 is 2.57 bits per heavy atom. The molecule has 0 aliphatic carbocycles. The minimum Gasteiger partial charge on any atom is -0.338 e. The van der Waals surface area contributed by atoms with Crippen molar-refractivity contribution in [2.75, 3.05) is 18.4 Å². The van der Waals surface area contributed by atoms with Crippen LogP contribution in [0.25, 0.3) is 0 Å². The summed E-state index contributed by atoms with van der Waals surface area (Å²) in [5.41, 5.74) is 1.17. The van der Waals surface area contributed by atoms with Crippen LogP contribution in [0, 0.1) is 5.92 Å². The standard InChI is InChI=1S/C20H20N4O2S2/c25-18(15-8-10-24(11-9-15)19(26)16-7-4-12-27-16)21-20-23-22-17(28-20)13-14-5-2-1-3-6-14/h1-7,12,15H,8-11,13H2,(H,21,23,25). The first-order chi connectivity index (χ1) is 13.7. The van der Waals surface area contributed by atoms with Gasteiger partial charge in [0.15, 0.2) is 0 Å². The summed E-state index contributed by atoms with van der Waals surface area (Å²) >= 11 is 2.86. The Bertz CT molecular complexity index is 932. The molecule has 1 fully saturated rings. The van der Waals surface area contributed by atoms with Gasteiger partial charge in [-0.2, -0.15) is 0 Å². The second-order valence-corrected chi connectivity index (χ2v) is 8.71. The fraction of sp³-hybridized carbons (Fsp3) is 0.300. The zero-order chi connectivity index (χ0) is 19.3. The van der Waals surface area contributed by atoms with Gasteiger partial charge in [0.25, 0.3) is 5.91 Å². The Labute approximate surface area is 171 Å². The van der Waals surface area contributed by atoms with Crippen LogP contribution in [0.2, 0.25) is 0 Å². The van der Waals surface area contributed by atoms with Gasteiger partial charge in [0.1, 0.15) is 5.01 Å². The number of hydrogen-bond donors (Lipinski definition) is 1. The van der Waals surface area contributed by atoms with Gasteiger partial charge in [-0.25, -0.2) is 0 Å². The Balaban J connectivity index is 1.28. The molecule has 0 atom stereocenters. The minimum absolute atomic E-state index is 0.0365. The summed E-state index contributed by atoms with van der Waals surface area (Å²) in [6, 6.07) is 13.8. The van der Waals surface area contributed by atoms with Crippen molar-refractivity contribution in [1.29, 1.82) is 0 Å². The second kappa shape index (κ2) is 8.62. The zero-order valence-electron chi connectivity index (χ0n) is 15.2. The summed E-state index contributed by atoms with van der Waals surface area (Å²) in [5, 5.41) is 14.5. The predicted octanol–water partition coefficient (Wildman–Crippen LogP) is 3.68. The van der Waals surface area contributed by atoms with Crippen molar-refractivity contribution in [3.8, 4) is 0 Å². The number of benzene rings is 1. The summed E-state index contributed by atoms with van der Waals surface area (Å²) < 4.78 is 0. The molecule has 3 heterocycles. The molecule has 3 aromatic rings. The molecule has 8 heteroatoms. The molecule has 1 N–H and O–H groups in total. The van der Waals surface area contributed by atoms with E-state index in [1.807, 2.05) is 52.7 Å². The van der Waals surface area contributed by atoms with Gasteiger partial charge < -0.3 is 10.2 Å². The summed E-state index contributed by atoms with van der Waals surface area (Å²) in [5.74, 6) is -0.0805. The van der Waals surface area contributed by atoms with Crippen LogP contribution in [0.1, 0.15) is 33.1 Å². The maximum absolute atomic E-state index is 12.6. The average molecular weight is 413 g/mol. The summed E-state index contributed by atoms with van der Waals surface area (Å²) in [6.45, 7) is 1.20. The van der Waals surface area contributed by atoms with Crippen LogP contribution in [0.3, 0.4) is 0 Å². The lowest BCUT2D eigenvalue weighted by atomic mass is 9.96. The smallest absolute Gasteiger partial charge is 0.263 e. The van der Waals surface area contributed by atoms with Crippen molar-refractivity contribution in [3.05, 3.63) is 63.3 Å². The van der Waals surface area contributed by atoms with Crippen molar-refractivity contribution in [3.63, 3.8) is 0 Å². The number of thiophene rings is 1. The molecule has 0 spiro atoms. The highest BCUT2D eigenvalue weighted by molar-refractivity contribution is 7.15. The van der Waals surface area contributed by atoms with E-state index in [-0.39, 0.29) is 17.7 Å². The van der Waals surface area contributed by atoms with Crippen molar-refractivity contribution in [1.82, 2.24) is 15.1 Å². The molecule has 1 aliphatic heterocycles. The Kier molecular flexibility index (Phi) is 5.78. The average Bonchev–Trinajstić information content (AvgIpc) is 3.41. The predicted molar refractivity (Wildman–Crippen MR) is 111 cm³/mol. The van der Waals surface area contributed by atoms with E-state index in [1.165, 1.54) is 28.2 Å². The molecule has 144 valence electrons. The van der Waals surface area contributed by atoms with Crippen molar-refractivity contribution < 1.29 is 9.59 Å². The number of likely N-dealkylation sites (tertiary alicyclic amines) is 1. The van der Waals surface area contributed by atoms with Crippen molar-refractivity contribution in [2.24, 2.45) is 5.92 Å². The number of nitrogens with zero attached hydrogens (tertiary/aromatic N) is 3. The Morgan fingerprint density at radius 2 is 1.86 bits per heavy atom. The Hall–Kier alpha value is -2.58. The normalized spacial score (nSPS) is 14.8. The molecule has 1 aromatic carbocycles. The van der Waals surface area contributed by atoms with Gasteiger partial charge in [-0.15, -0.1) is 21.5 Å². The molecule has 2 amide bonds. The molecule has 0 bridgehead atoms. The van der Waals surface area contributed by atoms with E-state index in [0.29, 0.717) is 37.5 Å². The van der Waals surface area contributed by atoms with Crippen LogP contribution in [-0.2, 0) is 11.2 Å². The third-order valence-corrected chi connectivity index (χ3v) is 6.48. The van der Waals surface area contributed by atoms with E-state index in [0.717, 1.165) is 9.88 Å². The molecule has 4 rings (SSSR count). The number of rotatable bonds is 5. The first-order valence-corrected chi connectivity index (χ1v) is 10.9. The number of nitrogens with one attached hydrogen (secondary N) is 1. The number of amides is 2. The van der Waals surface area contributed by atoms with E-state index in [1.54, 1.807) is 0 Å². The van der Waals surface area contributed by atoms with Crippen LogP contribution in [0.5, 0.6) is 0 Å². The third-order valence-electron chi connectivity index (χ3n) is 4.78. The van der Waals surface area contributed by atoms with E-state index < -0.39 is 0 Å². The quantitative estimate of drug-likeness (QED) is 0.694. The van der Waals surface area contributed by atoms with E-state index in [4.69, 9.17) is 0 Å². The second-order valence-electron chi connectivity index (χ2n) is 6.70. The van der Waals surface area contributed by atoms with Gasteiger partial charge in [-0.05, 0) is 29.9 Å². The molecule has 1 aliphatic rings. The number of carbonyl (C=O) groups excluding carboxylic acids is 2. The lowest BCUT2D eigenvalue weighted by molar-refractivity contribution is -0.121. The van der Waals surface area contributed by atoms with E-state index in [9.17, 15) is 9.59 Å². The van der Waals surface area contributed by atoms with Crippen molar-refractivity contribution >= 4 is 39.6 Å². The molecule has 1 saturated heterocycles. The first-order valence-electron chi connectivity index (χ1n) is 9.19. The summed E-state index contributed by atoms with van der Waals surface area (Å²) in [7, 11) is 0. The van der Waals surface area contributed by atoms with Gasteiger partial charge in [0.2, 0.25) is 11.0 Å². The zero-order valence-corrected chi connectivity index (χ0v) is 16.8. The van der Waals surface area contributed by atoms with Gasteiger partial charge in [0.05, 0.1) is 4.88 Å². The van der Waals surface area contributed by atoms with Crippen LogP contribution >= 0.6 is 22.7 Å². The molecule has 0 saturated carbocycles. The molecule has 0 radical (unpaired) electrons. The van der Waals surface area contributed by atoms with E-state index >= 15 is 0 Å². The summed E-state index contributed by atoms with van der Waals surface area (Å²) in [4.78, 5) is 27.6. The lowest BCUT2D eigenvalue weighted by Gasteiger charge is -2.30. The van der Waals surface area contributed by atoms with Crippen LogP contribution in [0.15, 0.2) is 47.8 Å². The fourth-order valence-corrected chi connectivity index (χ4v) is 4.72. The van der Waals surface area contributed by atoms with Crippen molar-refractivity contribution in [2.45, 2.75) is 19.3 Å². The lowest BCUT2D eigenvalue weighted by Crippen LogP contribution is -2.41. The number of piperidine rings is 1. The molecular formula is C20H20N4O2S2. The van der Waals surface area contributed by atoms with Crippen LogP contribution in [0.4, 0.5) is 5.13 Å². The maximum Gasteiger partial charge on any atom is 0.263 e. The highest BCUT2D eigenvalue weighted by atomic mass is 32.1. The monoisotopic (exact) mass is 412 g/mol. The largest absolute Gasteiger partial charge is 0.338 e. The number of aromatic nitrogens is 2. The number of carbonyl (C=O) groups is 2. The molecule has 6 nitrogen and oxygen atoms in total. The van der Waals surface area contributed by atoms with Crippen LogP contribution < -0.4 is 5.32 Å². The number of hydrogen-bond acceptors (Lipinski definition) is 6. The summed E-state index contributed by atoms with van der Waals surface area (Å²) in [6.07, 6.45) is 2.04. The molecule has 28 heavy (non-hydrogen) atoms. The molecular weight excluding hydrogens is 392 g/mol. The van der Waals surface area contributed by atoms with Crippen LogP contribution in [-0.4, -0.2) is 40.0 Å². The molecule has 2 aromatic heterocycles. The Morgan fingerprint density at radius 1 is 1.07 bits per heavy atom. The highest BCUT2D eigenvalue weighted by Crippen LogP contribution is 2.24. The first kappa shape index (κ1) is 18.8. The van der Waals surface area contributed by atoms with Gasteiger partial charge in [-0.1, -0.05) is 47.7 Å². The molecule has 0 unspecified atom stereocenters.